The van der Waals surface area contributed by atoms with Crippen LogP contribution in [0.4, 0.5) is 18.9 Å². The number of nitrogen functional groups attached to an aromatic ring is 1. The number of hydrogen-bond acceptors (Lipinski definition) is 7. The van der Waals surface area contributed by atoms with Gasteiger partial charge in [-0.2, -0.15) is 9.97 Å². The van der Waals surface area contributed by atoms with E-state index in [0.29, 0.717) is 11.4 Å². The topological polar surface area (TPSA) is 79.5 Å². The SMILES string of the molecule is COc1cc(OC)nc(C(SC)c2cccc(OC(F)(F)F)c2N)n1. The number of ether oxygens (including phenoxy) is 3. The second-order valence-corrected chi connectivity index (χ2v) is 5.68. The molecule has 1 aromatic heterocycles. The summed E-state index contributed by atoms with van der Waals surface area (Å²) in [6.07, 6.45) is -3.08. The van der Waals surface area contributed by atoms with E-state index in [2.05, 4.69) is 14.7 Å². The van der Waals surface area contributed by atoms with E-state index in [9.17, 15) is 13.2 Å². The highest BCUT2D eigenvalue weighted by Gasteiger charge is 2.33. The maximum Gasteiger partial charge on any atom is 0.573 e. The second kappa shape index (κ2) is 7.68. The molecule has 0 amide bonds. The lowest BCUT2D eigenvalue weighted by molar-refractivity contribution is -0.274. The number of thioether (sulfide) groups is 1. The fourth-order valence-electron chi connectivity index (χ4n) is 2.12. The van der Waals surface area contributed by atoms with Gasteiger partial charge in [-0.15, -0.1) is 24.9 Å². The highest BCUT2D eigenvalue weighted by molar-refractivity contribution is 7.99. The summed E-state index contributed by atoms with van der Waals surface area (Å²) in [6.45, 7) is 0. The third-order valence-corrected chi connectivity index (χ3v) is 4.13. The standard InChI is InChI=1S/C15H16F3N3O3S/c1-22-10-7-11(23-2)21-14(20-10)13(25-3)8-5-4-6-9(12(8)19)24-15(16,17)18/h4-7,13H,19H2,1-3H3. The number of nitrogens with two attached hydrogens (primary N) is 1. The number of rotatable bonds is 6. The van der Waals surface area contributed by atoms with Crippen molar-refractivity contribution in [2.45, 2.75) is 11.6 Å². The van der Waals surface area contributed by atoms with Crippen LogP contribution in [0.5, 0.6) is 17.5 Å². The summed E-state index contributed by atoms with van der Waals surface area (Å²) < 4.78 is 51.7. The van der Waals surface area contributed by atoms with Crippen molar-refractivity contribution in [1.29, 1.82) is 0 Å². The van der Waals surface area contributed by atoms with Gasteiger partial charge in [-0.1, -0.05) is 12.1 Å². The molecule has 0 radical (unpaired) electrons. The number of anilines is 1. The normalized spacial score (nSPS) is 12.6. The third kappa shape index (κ3) is 4.59. The first-order valence-electron chi connectivity index (χ1n) is 6.93. The number of alkyl halides is 3. The Bertz CT molecular complexity index is 721. The molecule has 2 N–H and O–H groups in total. The fraction of sp³-hybridized carbons (Fsp3) is 0.333. The molecule has 0 bridgehead atoms. The second-order valence-electron chi connectivity index (χ2n) is 4.73. The molecule has 2 rings (SSSR count). The molecule has 10 heteroatoms. The zero-order valence-electron chi connectivity index (χ0n) is 13.6. The Morgan fingerprint density at radius 1 is 1.12 bits per heavy atom. The molecule has 136 valence electrons. The molecule has 2 aromatic rings. The summed E-state index contributed by atoms with van der Waals surface area (Å²) in [6, 6.07) is 5.66. The van der Waals surface area contributed by atoms with Gasteiger partial charge in [-0.05, 0) is 17.9 Å². The van der Waals surface area contributed by atoms with Gasteiger partial charge in [0, 0.05) is 0 Å². The van der Waals surface area contributed by atoms with Crippen molar-refractivity contribution < 1.29 is 27.4 Å². The molecule has 1 atom stereocenters. The predicted molar refractivity (Wildman–Crippen MR) is 88.0 cm³/mol. The van der Waals surface area contributed by atoms with Crippen molar-refractivity contribution in [3.05, 3.63) is 35.7 Å². The van der Waals surface area contributed by atoms with Crippen molar-refractivity contribution in [3.63, 3.8) is 0 Å². The molecule has 1 aromatic carbocycles. The Hall–Kier alpha value is -2.36. The number of nitrogens with zero attached hydrogens (tertiary/aromatic N) is 2. The third-order valence-electron chi connectivity index (χ3n) is 3.19. The van der Waals surface area contributed by atoms with E-state index in [-0.39, 0.29) is 17.4 Å². The summed E-state index contributed by atoms with van der Waals surface area (Å²) in [7, 11) is 2.87. The molecular weight excluding hydrogens is 359 g/mol. The molecule has 0 aliphatic heterocycles. The first-order valence-corrected chi connectivity index (χ1v) is 8.21. The minimum atomic E-state index is -4.84. The number of aromatic nitrogens is 2. The van der Waals surface area contributed by atoms with Gasteiger partial charge >= 0.3 is 6.36 Å². The highest BCUT2D eigenvalue weighted by atomic mass is 32.2. The van der Waals surface area contributed by atoms with Crippen LogP contribution >= 0.6 is 11.8 Å². The molecule has 0 saturated carbocycles. The molecule has 1 heterocycles. The monoisotopic (exact) mass is 375 g/mol. The van der Waals surface area contributed by atoms with Gasteiger partial charge in [0.2, 0.25) is 11.8 Å². The van der Waals surface area contributed by atoms with E-state index < -0.39 is 17.4 Å². The van der Waals surface area contributed by atoms with Gasteiger partial charge in [-0.3, -0.25) is 0 Å². The average Bonchev–Trinajstić information content (AvgIpc) is 2.57. The predicted octanol–water partition coefficient (Wildman–Crippen LogP) is 3.43. The van der Waals surface area contributed by atoms with Gasteiger partial charge in [0.25, 0.3) is 0 Å². The largest absolute Gasteiger partial charge is 0.573 e. The average molecular weight is 375 g/mol. The Kier molecular flexibility index (Phi) is 5.83. The zero-order chi connectivity index (χ0) is 18.6. The Morgan fingerprint density at radius 3 is 2.20 bits per heavy atom. The number of benzene rings is 1. The minimum Gasteiger partial charge on any atom is -0.481 e. The molecule has 0 aliphatic rings. The quantitative estimate of drug-likeness (QED) is 0.775. The Labute approximate surface area is 146 Å². The molecule has 0 fully saturated rings. The highest BCUT2D eigenvalue weighted by Crippen LogP contribution is 2.41. The van der Waals surface area contributed by atoms with Gasteiger partial charge < -0.3 is 19.9 Å². The van der Waals surface area contributed by atoms with Gasteiger partial charge in [-0.25, -0.2) is 0 Å². The van der Waals surface area contributed by atoms with Crippen molar-refractivity contribution in [2.24, 2.45) is 0 Å². The van der Waals surface area contributed by atoms with Crippen LogP contribution in [0.1, 0.15) is 16.6 Å². The van der Waals surface area contributed by atoms with E-state index in [1.54, 1.807) is 12.3 Å². The maximum atomic E-state index is 12.5. The lowest BCUT2D eigenvalue weighted by Crippen LogP contribution is -2.18. The summed E-state index contributed by atoms with van der Waals surface area (Å²) in [5.41, 5.74) is 6.15. The molecule has 0 saturated heterocycles. The van der Waals surface area contributed by atoms with Crippen LogP contribution in [0.3, 0.4) is 0 Å². The lowest BCUT2D eigenvalue weighted by atomic mass is 10.1. The van der Waals surface area contributed by atoms with Gasteiger partial charge in [0.15, 0.2) is 11.6 Å². The van der Waals surface area contributed by atoms with E-state index in [1.165, 1.54) is 38.1 Å². The Morgan fingerprint density at radius 2 is 1.72 bits per heavy atom. The number of halogens is 3. The van der Waals surface area contributed by atoms with Crippen LogP contribution < -0.4 is 19.9 Å². The number of para-hydroxylation sites is 1. The van der Waals surface area contributed by atoms with Crippen molar-refractivity contribution >= 4 is 17.4 Å². The van der Waals surface area contributed by atoms with Crippen LogP contribution in [0.2, 0.25) is 0 Å². The summed E-state index contributed by atoms with van der Waals surface area (Å²) in [5.74, 6) is 0.350. The van der Waals surface area contributed by atoms with Crippen LogP contribution in [-0.2, 0) is 0 Å². The van der Waals surface area contributed by atoms with Crippen LogP contribution in [0.25, 0.3) is 0 Å². The molecular formula is C15H16F3N3O3S. The molecule has 25 heavy (non-hydrogen) atoms. The molecule has 6 nitrogen and oxygen atoms in total. The summed E-state index contributed by atoms with van der Waals surface area (Å²) >= 11 is 1.30. The first kappa shape index (κ1) is 19.0. The smallest absolute Gasteiger partial charge is 0.481 e. The summed E-state index contributed by atoms with van der Waals surface area (Å²) in [4.78, 5) is 8.48. The minimum absolute atomic E-state index is 0.135. The van der Waals surface area contributed by atoms with Crippen LogP contribution in [0.15, 0.2) is 24.3 Å². The van der Waals surface area contributed by atoms with Crippen molar-refractivity contribution in [1.82, 2.24) is 9.97 Å². The van der Waals surface area contributed by atoms with Crippen molar-refractivity contribution in [2.75, 3.05) is 26.2 Å². The van der Waals surface area contributed by atoms with E-state index in [0.717, 1.165) is 6.07 Å². The Balaban J connectivity index is 2.50. The first-order chi connectivity index (χ1) is 11.8. The van der Waals surface area contributed by atoms with Crippen LogP contribution in [-0.4, -0.2) is 36.8 Å². The fourth-order valence-corrected chi connectivity index (χ4v) is 2.90. The zero-order valence-corrected chi connectivity index (χ0v) is 14.4. The maximum absolute atomic E-state index is 12.5. The molecule has 1 unspecified atom stereocenters. The van der Waals surface area contributed by atoms with Gasteiger partial charge in [0.1, 0.15) is 0 Å². The van der Waals surface area contributed by atoms with Crippen molar-refractivity contribution in [3.8, 4) is 17.5 Å². The van der Waals surface area contributed by atoms with E-state index in [1.807, 2.05) is 0 Å². The van der Waals surface area contributed by atoms with E-state index in [4.69, 9.17) is 15.2 Å². The van der Waals surface area contributed by atoms with Crippen LogP contribution in [0, 0.1) is 0 Å². The van der Waals surface area contributed by atoms with E-state index >= 15 is 0 Å². The van der Waals surface area contributed by atoms with Gasteiger partial charge in [0.05, 0.1) is 31.2 Å². The summed E-state index contributed by atoms with van der Waals surface area (Å²) in [5, 5.41) is -0.541. The number of methoxy groups -OCH3 is 2. The molecule has 0 aliphatic carbocycles. The molecule has 0 spiro atoms. The lowest BCUT2D eigenvalue weighted by Gasteiger charge is -2.19. The number of hydrogen-bond donors (Lipinski definition) is 1.